The fraction of sp³-hybridized carbons (Fsp3) is 1.00. The quantitative estimate of drug-likeness (QED) is 0.565. The first kappa shape index (κ1) is 12.9. The highest BCUT2D eigenvalue weighted by atomic mass is 32.2. The van der Waals surface area contributed by atoms with Crippen molar-refractivity contribution in [2.45, 2.75) is 26.2 Å². The first-order valence-corrected chi connectivity index (χ1v) is 6.39. The van der Waals surface area contributed by atoms with Crippen LogP contribution in [0.3, 0.4) is 0 Å². The second-order valence-electron chi connectivity index (χ2n) is 3.02. The lowest BCUT2D eigenvalue weighted by Gasteiger charge is -2.04. The van der Waals surface area contributed by atoms with Gasteiger partial charge in [0, 0.05) is 6.54 Å². The lowest BCUT2D eigenvalue weighted by molar-refractivity contribution is 0.575. The molecule has 0 rings (SSSR count). The predicted octanol–water partition coefficient (Wildman–Crippen LogP) is 0.315. The highest BCUT2D eigenvalue weighted by Crippen LogP contribution is 1.93. The van der Waals surface area contributed by atoms with Gasteiger partial charge in [0.15, 0.2) is 0 Å². The molecule has 0 aliphatic heterocycles. The molecule has 13 heavy (non-hydrogen) atoms. The molecule has 0 atom stereocenters. The van der Waals surface area contributed by atoms with Crippen LogP contribution in [0.25, 0.3) is 0 Å². The minimum atomic E-state index is -3.00. The smallest absolute Gasteiger partial charge is 0.211 e. The summed E-state index contributed by atoms with van der Waals surface area (Å²) in [6, 6.07) is 0. The number of sulfonamides is 1. The summed E-state index contributed by atoms with van der Waals surface area (Å²) < 4.78 is 25.0. The molecule has 0 aromatic carbocycles. The summed E-state index contributed by atoms with van der Waals surface area (Å²) >= 11 is 0. The van der Waals surface area contributed by atoms with E-state index in [0.29, 0.717) is 6.54 Å². The third-order valence-electron chi connectivity index (χ3n) is 1.66. The minimum Gasteiger partial charge on any atom is -0.320 e. The summed E-state index contributed by atoms with van der Waals surface area (Å²) in [6.45, 7) is 3.38. The lowest BCUT2D eigenvalue weighted by Crippen LogP contribution is -2.27. The van der Waals surface area contributed by atoms with Gasteiger partial charge in [0.05, 0.1) is 5.75 Å². The van der Waals surface area contributed by atoms with Crippen LogP contribution in [-0.2, 0) is 10.0 Å². The Hall–Kier alpha value is -0.130. The van der Waals surface area contributed by atoms with Gasteiger partial charge in [0.2, 0.25) is 10.0 Å². The average molecular weight is 208 g/mol. The van der Waals surface area contributed by atoms with Gasteiger partial charge >= 0.3 is 0 Å². The van der Waals surface area contributed by atoms with Gasteiger partial charge in [-0.15, -0.1) is 0 Å². The van der Waals surface area contributed by atoms with E-state index in [0.717, 1.165) is 25.8 Å². The molecule has 0 radical (unpaired) electrons. The third kappa shape index (κ3) is 8.21. The minimum absolute atomic E-state index is 0.245. The van der Waals surface area contributed by atoms with Gasteiger partial charge in [0.1, 0.15) is 0 Å². The van der Waals surface area contributed by atoms with Crippen molar-refractivity contribution in [2.24, 2.45) is 0 Å². The maximum atomic E-state index is 11.2. The molecule has 0 bridgehead atoms. The molecular weight excluding hydrogens is 188 g/mol. The van der Waals surface area contributed by atoms with Crippen molar-refractivity contribution < 1.29 is 8.42 Å². The van der Waals surface area contributed by atoms with Crippen molar-refractivity contribution in [3.63, 3.8) is 0 Å². The first-order chi connectivity index (χ1) is 6.12. The standard InChI is InChI=1S/C8H20N2O2S/c1-3-6-10-13(11,12)8-5-4-7-9-2/h9-10H,3-8H2,1-2H3. The van der Waals surface area contributed by atoms with Gasteiger partial charge in [-0.25, -0.2) is 13.1 Å². The summed E-state index contributed by atoms with van der Waals surface area (Å²) in [5.41, 5.74) is 0. The van der Waals surface area contributed by atoms with Crippen LogP contribution in [0, 0.1) is 0 Å². The SMILES string of the molecule is CCCNS(=O)(=O)CCCCNC. The molecule has 0 saturated heterocycles. The first-order valence-electron chi connectivity index (χ1n) is 4.74. The number of hydrogen-bond donors (Lipinski definition) is 2. The van der Waals surface area contributed by atoms with Crippen LogP contribution < -0.4 is 10.0 Å². The fourth-order valence-corrected chi connectivity index (χ4v) is 2.17. The van der Waals surface area contributed by atoms with Crippen LogP contribution in [-0.4, -0.2) is 34.3 Å². The predicted molar refractivity (Wildman–Crippen MR) is 55.2 cm³/mol. The largest absolute Gasteiger partial charge is 0.320 e. The van der Waals surface area contributed by atoms with Crippen molar-refractivity contribution >= 4 is 10.0 Å². The Morgan fingerprint density at radius 1 is 1.15 bits per heavy atom. The van der Waals surface area contributed by atoms with Gasteiger partial charge in [-0.1, -0.05) is 6.92 Å². The zero-order chi connectivity index (χ0) is 10.2. The molecule has 0 spiro atoms. The molecule has 80 valence electrons. The van der Waals surface area contributed by atoms with Crippen LogP contribution in [0.4, 0.5) is 0 Å². The normalized spacial score (nSPS) is 11.8. The Morgan fingerprint density at radius 2 is 1.85 bits per heavy atom. The van der Waals surface area contributed by atoms with Crippen molar-refractivity contribution in [3.8, 4) is 0 Å². The molecule has 2 N–H and O–H groups in total. The van der Waals surface area contributed by atoms with E-state index in [9.17, 15) is 8.42 Å². The Labute approximate surface area is 81.2 Å². The van der Waals surface area contributed by atoms with E-state index in [1.54, 1.807) is 0 Å². The topological polar surface area (TPSA) is 58.2 Å². The van der Waals surface area contributed by atoms with Crippen LogP contribution in [0.5, 0.6) is 0 Å². The van der Waals surface area contributed by atoms with Gasteiger partial charge in [-0.3, -0.25) is 0 Å². The van der Waals surface area contributed by atoms with Crippen molar-refractivity contribution in [2.75, 3.05) is 25.9 Å². The fourth-order valence-electron chi connectivity index (χ4n) is 0.924. The number of hydrogen-bond acceptors (Lipinski definition) is 3. The van der Waals surface area contributed by atoms with E-state index >= 15 is 0 Å². The number of nitrogens with one attached hydrogen (secondary N) is 2. The van der Waals surface area contributed by atoms with E-state index in [4.69, 9.17) is 0 Å². The highest BCUT2D eigenvalue weighted by molar-refractivity contribution is 7.89. The molecule has 0 amide bonds. The zero-order valence-electron chi connectivity index (χ0n) is 8.47. The molecule has 0 heterocycles. The van der Waals surface area contributed by atoms with Crippen molar-refractivity contribution in [1.29, 1.82) is 0 Å². The molecule has 0 unspecified atom stereocenters. The third-order valence-corrected chi connectivity index (χ3v) is 3.13. The summed E-state index contributed by atoms with van der Waals surface area (Å²) in [4.78, 5) is 0. The van der Waals surface area contributed by atoms with Gasteiger partial charge in [-0.05, 0) is 32.9 Å². The molecule has 4 nitrogen and oxygen atoms in total. The zero-order valence-corrected chi connectivity index (χ0v) is 9.28. The van der Waals surface area contributed by atoms with E-state index < -0.39 is 10.0 Å². The van der Waals surface area contributed by atoms with Crippen LogP contribution in [0.1, 0.15) is 26.2 Å². The Bertz CT molecular complexity index is 202. The summed E-state index contributed by atoms with van der Waals surface area (Å²) in [7, 11) is -1.14. The Balaban J connectivity index is 3.52. The number of unbranched alkanes of at least 4 members (excludes halogenated alkanes) is 1. The van der Waals surface area contributed by atoms with E-state index in [1.807, 2.05) is 14.0 Å². The number of rotatable bonds is 8. The summed E-state index contributed by atoms with van der Waals surface area (Å²) in [6.07, 6.45) is 2.47. The molecular formula is C8H20N2O2S. The molecule has 0 aliphatic carbocycles. The molecule has 0 aliphatic rings. The summed E-state index contributed by atoms with van der Waals surface area (Å²) in [5.74, 6) is 0.245. The molecule has 0 aromatic rings. The van der Waals surface area contributed by atoms with Gasteiger partial charge in [-0.2, -0.15) is 0 Å². The van der Waals surface area contributed by atoms with Crippen LogP contribution in [0.15, 0.2) is 0 Å². The van der Waals surface area contributed by atoms with Gasteiger partial charge in [0.25, 0.3) is 0 Å². The van der Waals surface area contributed by atoms with Crippen LogP contribution in [0.2, 0.25) is 0 Å². The van der Waals surface area contributed by atoms with Crippen LogP contribution >= 0.6 is 0 Å². The maximum absolute atomic E-state index is 11.2. The highest BCUT2D eigenvalue weighted by Gasteiger charge is 2.07. The summed E-state index contributed by atoms with van der Waals surface area (Å²) in [5, 5.41) is 2.98. The molecule has 0 aromatic heterocycles. The van der Waals surface area contributed by atoms with Crippen molar-refractivity contribution in [1.82, 2.24) is 10.0 Å². The second kappa shape index (κ2) is 7.29. The molecule has 0 fully saturated rings. The lowest BCUT2D eigenvalue weighted by atomic mass is 10.3. The van der Waals surface area contributed by atoms with E-state index in [1.165, 1.54) is 0 Å². The van der Waals surface area contributed by atoms with E-state index in [2.05, 4.69) is 10.0 Å². The maximum Gasteiger partial charge on any atom is 0.211 e. The monoisotopic (exact) mass is 208 g/mol. The van der Waals surface area contributed by atoms with Crippen molar-refractivity contribution in [3.05, 3.63) is 0 Å². The molecule has 0 saturated carbocycles. The molecule has 5 heteroatoms. The second-order valence-corrected chi connectivity index (χ2v) is 4.95. The average Bonchev–Trinajstić information content (AvgIpc) is 2.09. The van der Waals surface area contributed by atoms with E-state index in [-0.39, 0.29) is 5.75 Å². The Morgan fingerprint density at radius 3 is 2.38 bits per heavy atom. The Kier molecular flexibility index (Phi) is 7.22. The van der Waals surface area contributed by atoms with Gasteiger partial charge < -0.3 is 5.32 Å².